The molecule has 0 aliphatic carbocycles. The first kappa shape index (κ1) is 12.8. The second-order valence-electron chi connectivity index (χ2n) is 4.01. The Bertz CT molecular complexity index is 160. The van der Waals surface area contributed by atoms with Crippen LogP contribution in [0.2, 0.25) is 0 Å². The average Bonchev–Trinajstić information content (AvgIpc) is 2.69. The molecular formula is C10H20F2N2O. The largest absolute Gasteiger partial charge is 0.386 e. The summed E-state index contributed by atoms with van der Waals surface area (Å²) in [4.78, 5) is 2.38. The predicted molar refractivity (Wildman–Crippen MR) is 55.2 cm³/mol. The molecule has 0 aromatic heterocycles. The van der Waals surface area contributed by atoms with Crippen LogP contribution in [0.15, 0.2) is 0 Å². The molecule has 3 nitrogen and oxygen atoms in total. The number of nitrogens with one attached hydrogen (secondary N) is 1. The van der Waals surface area contributed by atoms with Crippen LogP contribution in [0.1, 0.15) is 19.3 Å². The molecule has 0 amide bonds. The zero-order valence-corrected chi connectivity index (χ0v) is 8.96. The van der Waals surface area contributed by atoms with E-state index in [1.165, 1.54) is 25.9 Å². The van der Waals surface area contributed by atoms with Crippen LogP contribution in [0, 0.1) is 0 Å². The van der Waals surface area contributed by atoms with Crippen LogP contribution in [-0.2, 0) is 0 Å². The van der Waals surface area contributed by atoms with Crippen molar-refractivity contribution in [2.75, 3.05) is 32.7 Å². The van der Waals surface area contributed by atoms with E-state index in [1.54, 1.807) is 0 Å². The number of hydrogen-bond donors (Lipinski definition) is 2. The summed E-state index contributed by atoms with van der Waals surface area (Å²) < 4.78 is 23.8. The van der Waals surface area contributed by atoms with E-state index < -0.39 is 12.5 Å². The zero-order valence-electron chi connectivity index (χ0n) is 8.96. The third-order valence-corrected chi connectivity index (χ3v) is 2.67. The number of nitrogens with zero attached hydrogens (tertiary/aromatic N) is 1. The molecule has 1 rings (SSSR count). The molecule has 0 aromatic carbocycles. The lowest BCUT2D eigenvalue weighted by molar-refractivity contribution is -0.00321. The van der Waals surface area contributed by atoms with E-state index >= 15 is 0 Å². The molecule has 1 atom stereocenters. The van der Waals surface area contributed by atoms with E-state index in [1.807, 2.05) is 0 Å². The van der Waals surface area contributed by atoms with Gasteiger partial charge in [0.05, 0.1) is 0 Å². The highest BCUT2D eigenvalue weighted by molar-refractivity contribution is 4.67. The fraction of sp³-hybridized carbons (Fsp3) is 1.00. The Morgan fingerprint density at radius 1 is 1.27 bits per heavy atom. The second-order valence-corrected chi connectivity index (χ2v) is 4.01. The van der Waals surface area contributed by atoms with Crippen molar-refractivity contribution in [2.24, 2.45) is 0 Å². The zero-order chi connectivity index (χ0) is 11.1. The quantitative estimate of drug-likeness (QED) is 0.622. The number of hydrogen-bond acceptors (Lipinski definition) is 3. The Morgan fingerprint density at radius 3 is 2.53 bits per heavy atom. The molecule has 5 heteroatoms. The summed E-state index contributed by atoms with van der Waals surface area (Å²) in [6, 6.07) is 0. The first-order chi connectivity index (χ1) is 7.20. The Hall–Kier alpha value is -0.260. The molecule has 1 aliphatic heterocycles. The smallest absolute Gasteiger partial charge is 0.265 e. The highest BCUT2D eigenvalue weighted by atomic mass is 19.3. The summed E-state index contributed by atoms with van der Waals surface area (Å²) in [5, 5.41) is 11.6. The molecule has 0 radical (unpaired) electrons. The van der Waals surface area contributed by atoms with Crippen molar-refractivity contribution in [2.45, 2.75) is 31.8 Å². The molecule has 1 saturated heterocycles. The van der Waals surface area contributed by atoms with E-state index in [9.17, 15) is 8.78 Å². The van der Waals surface area contributed by atoms with Gasteiger partial charge in [-0.05, 0) is 45.4 Å². The minimum atomic E-state index is -2.64. The third-order valence-electron chi connectivity index (χ3n) is 2.67. The van der Waals surface area contributed by atoms with Gasteiger partial charge in [0.1, 0.15) is 6.10 Å². The van der Waals surface area contributed by atoms with Gasteiger partial charge in [0.15, 0.2) is 0 Å². The highest BCUT2D eigenvalue weighted by Gasteiger charge is 2.15. The predicted octanol–water partition coefficient (Wildman–Crippen LogP) is 0.688. The number of aliphatic hydroxyl groups excluding tert-OH is 1. The minimum Gasteiger partial charge on any atom is -0.386 e. The monoisotopic (exact) mass is 222 g/mol. The van der Waals surface area contributed by atoms with Gasteiger partial charge in [-0.25, -0.2) is 8.78 Å². The summed E-state index contributed by atoms with van der Waals surface area (Å²) in [5.41, 5.74) is 0. The SMILES string of the molecule is OC(CNCCCN1CCCC1)C(F)F. The first-order valence-corrected chi connectivity index (χ1v) is 5.59. The molecule has 0 bridgehead atoms. The van der Waals surface area contributed by atoms with Crippen molar-refractivity contribution in [3.63, 3.8) is 0 Å². The molecule has 0 spiro atoms. The van der Waals surface area contributed by atoms with Gasteiger partial charge in [-0.15, -0.1) is 0 Å². The van der Waals surface area contributed by atoms with Crippen LogP contribution in [0.4, 0.5) is 8.78 Å². The van der Waals surface area contributed by atoms with Crippen molar-refractivity contribution in [1.82, 2.24) is 10.2 Å². The third kappa shape index (κ3) is 5.39. The van der Waals surface area contributed by atoms with Gasteiger partial charge in [-0.3, -0.25) is 0 Å². The van der Waals surface area contributed by atoms with Gasteiger partial charge >= 0.3 is 0 Å². The molecule has 1 fully saturated rings. The van der Waals surface area contributed by atoms with Crippen molar-refractivity contribution < 1.29 is 13.9 Å². The standard InChI is InChI=1S/C10H20F2N2O/c11-10(12)9(15)8-13-4-3-7-14-5-1-2-6-14/h9-10,13,15H,1-8H2. The summed E-state index contributed by atoms with van der Waals surface area (Å²) in [6.45, 7) is 4.04. The van der Waals surface area contributed by atoms with E-state index in [0.717, 1.165) is 13.0 Å². The maximum absolute atomic E-state index is 11.9. The van der Waals surface area contributed by atoms with Gasteiger partial charge in [-0.1, -0.05) is 0 Å². The molecule has 90 valence electrons. The average molecular weight is 222 g/mol. The van der Waals surface area contributed by atoms with Gasteiger partial charge < -0.3 is 15.3 Å². The molecule has 0 saturated carbocycles. The fourth-order valence-corrected chi connectivity index (χ4v) is 1.77. The first-order valence-electron chi connectivity index (χ1n) is 5.59. The Kier molecular flexibility index (Phi) is 6.05. The molecule has 1 aliphatic rings. The number of halogens is 2. The second kappa shape index (κ2) is 7.09. The van der Waals surface area contributed by atoms with Crippen LogP contribution in [-0.4, -0.2) is 55.3 Å². The van der Waals surface area contributed by atoms with E-state index in [4.69, 9.17) is 5.11 Å². The Morgan fingerprint density at radius 2 is 1.93 bits per heavy atom. The van der Waals surface area contributed by atoms with Gasteiger partial charge in [0.25, 0.3) is 6.43 Å². The minimum absolute atomic E-state index is 0.0162. The van der Waals surface area contributed by atoms with Crippen molar-refractivity contribution in [3.05, 3.63) is 0 Å². The van der Waals surface area contributed by atoms with E-state index in [2.05, 4.69) is 10.2 Å². The van der Waals surface area contributed by atoms with Crippen molar-refractivity contribution >= 4 is 0 Å². The number of likely N-dealkylation sites (tertiary alicyclic amines) is 1. The van der Waals surface area contributed by atoms with Gasteiger partial charge in [0, 0.05) is 6.54 Å². The van der Waals surface area contributed by atoms with Gasteiger partial charge in [0.2, 0.25) is 0 Å². The number of aliphatic hydroxyl groups is 1. The number of rotatable bonds is 7. The molecule has 1 unspecified atom stereocenters. The maximum atomic E-state index is 11.9. The van der Waals surface area contributed by atoms with Crippen LogP contribution in [0.3, 0.4) is 0 Å². The normalized spacial score (nSPS) is 20.0. The van der Waals surface area contributed by atoms with Crippen LogP contribution >= 0.6 is 0 Å². The van der Waals surface area contributed by atoms with Crippen molar-refractivity contribution in [3.8, 4) is 0 Å². The molecule has 0 aromatic rings. The van der Waals surface area contributed by atoms with Crippen molar-refractivity contribution in [1.29, 1.82) is 0 Å². The summed E-state index contributed by atoms with van der Waals surface area (Å²) in [5.74, 6) is 0. The number of alkyl halides is 2. The molecule has 15 heavy (non-hydrogen) atoms. The highest BCUT2D eigenvalue weighted by Crippen LogP contribution is 2.06. The molecule has 1 heterocycles. The molecule has 2 N–H and O–H groups in total. The van der Waals surface area contributed by atoms with E-state index in [0.29, 0.717) is 6.54 Å². The fourth-order valence-electron chi connectivity index (χ4n) is 1.77. The summed E-state index contributed by atoms with van der Waals surface area (Å²) in [6.07, 6.45) is -0.668. The lowest BCUT2D eigenvalue weighted by Crippen LogP contribution is -2.33. The maximum Gasteiger partial charge on any atom is 0.265 e. The Labute approximate surface area is 89.5 Å². The Balaban J connectivity index is 1.88. The van der Waals surface area contributed by atoms with Crippen LogP contribution in [0.5, 0.6) is 0 Å². The van der Waals surface area contributed by atoms with E-state index in [-0.39, 0.29) is 6.54 Å². The lowest BCUT2D eigenvalue weighted by atomic mass is 10.3. The van der Waals surface area contributed by atoms with Crippen LogP contribution in [0.25, 0.3) is 0 Å². The van der Waals surface area contributed by atoms with Crippen LogP contribution < -0.4 is 5.32 Å². The van der Waals surface area contributed by atoms with Gasteiger partial charge in [-0.2, -0.15) is 0 Å². The lowest BCUT2D eigenvalue weighted by Gasteiger charge is -2.15. The molecular weight excluding hydrogens is 202 g/mol. The summed E-state index contributed by atoms with van der Waals surface area (Å²) in [7, 11) is 0. The summed E-state index contributed by atoms with van der Waals surface area (Å²) >= 11 is 0. The topological polar surface area (TPSA) is 35.5 Å².